The molecule has 2 rings (SSSR count). The lowest BCUT2D eigenvalue weighted by molar-refractivity contribution is -0.124. The molecule has 0 bridgehead atoms. The van der Waals surface area contributed by atoms with E-state index in [2.05, 4.69) is 15.8 Å². The number of alkyl carbamates (subject to hydrolysis) is 1. The van der Waals surface area contributed by atoms with E-state index in [0.717, 1.165) is 5.56 Å². The van der Waals surface area contributed by atoms with Gasteiger partial charge in [-0.05, 0) is 32.4 Å². The van der Waals surface area contributed by atoms with Gasteiger partial charge in [0.05, 0.1) is 29.5 Å². The lowest BCUT2D eigenvalue weighted by atomic mass is 10.2. The molecular weight excluding hydrogens is 441 g/mol. The summed E-state index contributed by atoms with van der Waals surface area (Å²) in [5, 5.41) is 7.09. The number of carbonyl (C=O) groups excluding carboxylic acids is 2. The van der Waals surface area contributed by atoms with Gasteiger partial charge in [0.15, 0.2) is 0 Å². The molecule has 2 aromatic rings. The van der Waals surface area contributed by atoms with Crippen LogP contribution in [0.4, 0.5) is 4.79 Å². The quantitative estimate of drug-likeness (QED) is 0.441. The summed E-state index contributed by atoms with van der Waals surface area (Å²) in [5.41, 5.74) is 3.13. The molecule has 0 saturated heterocycles. The number of nitrogens with one attached hydrogen (secondary N) is 2. The van der Waals surface area contributed by atoms with Gasteiger partial charge in [0, 0.05) is 5.56 Å². The van der Waals surface area contributed by atoms with Crippen LogP contribution >= 0.6 is 23.2 Å². The van der Waals surface area contributed by atoms with Crippen LogP contribution in [0.3, 0.4) is 0 Å². The minimum atomic E-state index is -1.02. The Morgan fingerprint density at radius 1 is 1.10 bits per heavy atom. The normalized spacial score (nSPS) is 12.4. The first-order valence-electron chi connectivity index (χ1n) is 9.54. The predicted molar refractivity (Wildman–Crippen MR) is 121 cm³/mol. The van der Waals surface area contributed by atoms with Gasteiger partial charge in [-0.1, -0.05) is 65.7 Å². The van der Waals surface area contributed by atoms with Gasteiger partial charge in [-0.3, -0.25) is 4.79 Å². The zero-order valence-corrected chi connectivity index (χ0v) is 19.0. The summed E-state index contributed by atoms with van der Waals surface area (Å²) >= 11 is 12.1. The molecule has 0 radical (unpaired) electrons. The molecule has 0 heterocycles. The van der Waals surface area contributed by atoms with Crippen molar-refractivity contribution in [2.24, 2.45) is 5.10 Å². The van der Waals surface area contributed by atoms with E-state index in [1.165, 1.54) is 6.21 Å². The third kappa shape index (κ3) is 8.96. The molecular formula is C22H25Cl2N3O4. The van der Waals surface area contributed by atoms with E-state index in [0.29, 0.717) is 15.6 Å². The number of rotatable bonds is 8. The number of hydrazone groups is 1. The maximum atomic E-state index is 12.6. The highest BCUT2D eigenvalue weighted by Crippen LogP contribution is 2.24. The molecule has 0 spiro atoms. The van der Waals surface area contributed by atoms with Gasteiger partial charge in [-0.2, -0.15) is 5.10 Å². The largest absolute Gasteiger partial charge is 0.444 e. The Kier molecular flexibility index (Phi) is 9.30. The van der Waals surface area contributed by atoms with Gasteiger partial charge in [0.25, 0.3) is 5.91 Å². The fourth-order valence-electron chi connectivity index (χ4n) is 2.37. The van der Waals surface area contributed by atoms with Gasteiger partial charge in [-0.15, -0.1) is 0 Å². The Labute approximate surface area is 191 Å². The van der Waals surface area contributed by atoms with Crippen molar-refractivity contribution in [2.75, 3.05) is 6.61 Å². The van der Waals surface area contributed by atoms with Gasteiger partial charge >= 0.3 is 6.09 Å². The van der Waals surface area contributed by atoms with E-state index in [9.17, 15) is 9.59 Å². The minimum Gasteiger partial charge on any atom is -0.444 e. The number of benzene rings is 2. The molecule has 7 nitrogen and oxygen atoms in total. The highest BCUT2D eigenvalue weighted by molar-refractivity contribution is 6.43. The molecule has 2 N–H and O–H groups in total. The predicted octanol–water partition coefficient (Wildman–Crippen LogP) is 4.55. The Morgan fingerprint density at radius 2 is 1.81 bits per heavy atom. The number of halogens is 2. The Balaban J connectivity index is 2.00. The summed E-state index contributed by atoms with van der Waals surface area (Å²) in [6, 6.07) is 13.5. The SMILES string of the molecule is CC(C)(C)OC(=O)N[C@@H](COCc1ccccc1)C(=O)N/N=C\c1cccc(Cl)c1Cl. The van der Waals surface area contributed by atoms with Crippen molar-refractivity contribution >= 4 is 41.4 Å². The van der Waals surface area contributed by atoms with Crippen LogP contribution in [0, 0.1) is 0 Å². The zero-order chi connectivity index (χ0) is 22.9. The molecule has 0 saturated carbocycles. The zero-order valence-electron chi connectivity index (χ0n) is 17.5. The van der Waals surface area contributed by atoms with Crippen molar-refractivity contribution in [3.8, 4) is 0 Å². The molecule has 0 fully saturated rings. The number of nitrogens with zero attached hydrogens (tertiary/aromatic N) is 1. The van der Waals surface area contributed by atoms with E-state index >= 15 is 0 Å². The average Bonchev–Trinajstić information content (AvgIpc) is 2.69. The molecule has 0 aromatic heterocycles. The maximum absolute atomic E-state index is 12.6. The number of amides is 2. The third-order valence-electron chi connectivity index (χ3n) is 3.76. The molecule has 0 aliphatic heterocycles. The Hall–Kier alpha value is -2.61. The van der Waals surface area contributed by atoms with Crippen molar-refractivity contribution in [3.63, 3.8) is 0 Å². The number of hydrogen-bond donors (Lipinski definition) is 2. The first-order valence-corrected chi connectivity index (χ1v) is 10.3. The fraction of sp³-hybridized carbons (Fsp3) is 0.318. The summed E-state index contributed by atoms with van der Waals surface area (Å²) in [7, 11) is 0. The highest BCUT2D eigenvalue weighted by atomic mass is 35.5. The molecule has 166 valence electrons. The second-order valence-corrected chi connectivity index (χ2v) is 8.36. The smallest absolute Gasteiger partial charge is 0.408 e. The molecule has 0 unspecified atom stereocenters. The molecule has 0 aliphatic carbocycles. The van der Waals surface area contributed by atoms with E-state index in [-0.39, 0.29) is 13.2 Å². The molecule has 0 aliphatic rings. The molecule has 2 aromatic carbocycles. The second-order valence-electron chi connectivity index (χ2n) is 7.58. The summed E-state index contributed by atoms with van der Waals surface area (Å²) in [5.74, 6) is -0.576. The van der Waals surface area contributed by atoms with Crippen molar-refractivity contribution in [1.82, 2.24) is 10.7 Å². The van der Waals surface area contributed by atoms with E-state index < -0.39 is 23.6 Å². The van der Waals surface area contributed by atoms with Crippen LogP contribution in [0.15, 0.2) is 53.6 Å². The van der Waals surface area contributed by atoms with Crippen LogP contribution in [0.1, 0.15) is 31.9 Å². The number of hydrogen-bond acceptors (Lipinski definition) is 5. The molecule has 31 heavy (non-hydrogen) atoms. The maximum Gasteiger partial charge on any atom is 0.408 e. The topological polar surface area (TPSA) is 89.0 Å². The summed E-state index contributed by atoms with van der Waals surface area (Å²) in [6.45, 7) is 5.39. The monoisotopic (exact) mass is 465 g/mol. The van der Waals surface area contributed by atoms with E-state index in [4.69, 9.17) is 32.7 Å². The first kappa shape index (κ1) is 24.7. The van der Waals surface area contributed by atoms with Crippen LogP contribution in [-0.2, 0) is 20.9 Å². The number of carbonyl (C=O) groups is 2. The second kappa shape index (κ2) is 11.7. The molecule has 1 atom stereocenters. The summed E-state index contributed by atoms with van der Waals surface area (Å²) in [4.78, 5) is 24.7. The van der Waals surface area contributed by atoms with Crippen molar-refractivity contribution in [2.45, 2.75) is 39.0 Å². The number of ether oxygens (including phenoxy) is 2. The van der Waals surface area contributed by atoms with Crippen LogP contribution in [0.25, 0.3) is 0 Å². The first-order chi connectivity index (χ1) is 14.7. The van der Waals surface area contributed by atoms with Crippen LogP contribution in [-0.4, -0.2) is 36.5 Å². The molecule has 2 amide bonds. The Bertz CT molecular complexity index is 915. The summed E-state index contributed by atoms with van der Waals surface area (Å²) < 4.78 is 10.8. The van der Waals surface area contributed by atoms with Crippen LogP contribution in [0.5, 0.6) is 0 Å². The van der Waals surface area contributed by atoms with Gasteiger partial charge in [0.1, 0.15) is 11.6 Å². The lowest BCUT2D eigenvalue weighted by Crippen LogP contribution is -2.49. The van der Waals surface area contributed by atoms with E-state index in [1.807, 2.05) is 30.3 Å². The fourth-order valence-corrected chi connectivity index (χ4v) is 2.72. The summed E-state index contributed by atoms with van der Waals surface area (Å²) in [6.07, 6.45) is 0.624. The van der Waals surface area contributed by atoms with E-state index in [1.54, 1.807) is 39.0 Å². The molecule has 9 heteroatoms. The van der Waals surface area contributed by atoms with Crippen molar-refractivity contribution < 1.29 is 19.1 Å². The third-order valence-corrected chi connectivity index (χ3v) is 4.60. The van der Waals surface area contributed by atoms with Gasteiger partial charge < -0.3 is 14.8 Å². The Morgan fingerprint density at radius 3 is 2.48 bits per heavy atom. The standard InChI is InChI=1S/C22H25Cl2N3O4/c1-22(2,3)31-21(29)26-18(14-30-13-15-8-5-4-6-9-15)20(28)27-25-12-16-10-7-11-17(23)19(16)24/h4-12,18H,13-14H2,1-3H3,(H,26,29)(H,27,28)/b25-12-/t18-/m0/s1. The van der Waals surface area contributed by atoms with Gasteiger partial charge in [-0.25, -0.2) is 10.2 Å². The highest BCUT2D eigenvalue weighted by Gasteiger charge is 2.24. The van der Waals surface area contributed by atoms with Crippen molar-refractivity contribution in [3.05, 3.63) is 69.7 Å². The minimum absolute atomic E-state index is 0.0760. The average molecular weight is 466 g/mol. The lowest BCUT2D eigenvalue weighted by Gasteiger charge is -2.22. The van der Waals surface area contributed by atoms with Crippen LogP contribution in [0.2, 0.25) is 10.0 Å². The van der Waals surface area contributed by atoms with Crippen LogP contribution < -0.4 is 10.7 Å². The van der Waals surface area contributed by atoms with Gasteiger partial charge in [0.2, 0.25) is 0 Å². The van der Waals surface area contributed by atoms with Crippen molar-refractivity contribution in [1.29, 1.82) is 0 Å².